The molecule has 35 heavy (non-hydrogen) atoms. The molecule has 1 heterocycles. The molecule has 0 spiro atoms. The molecule has 4 aromatic rings. The summed E-state index contributed by atoms with van der Waals surface area (Å²) in [5.41, 5.74) is -1.76. The van der Waals surface area contributed by atoms with E-state index >= 15 is 8.78 Å². The highest BCUT2D eigenvalue weighted by Gasteiger charge is 2.30. The summed E-state index contributed by atoms with van der Waals surface area (Å²) in [7, 11) is 0. The van der Waals surface area contributed by atoms with Crippen LogP contribution in [0, 0.1) is 11.6 Å². The smallest absolute Gasteiger partial charge is 0.160 e. The number of hydrogen-bond donors (Lipinski definition) is 0. The van der Waals surface area contributed by atoms with Crippen LogP contribution in [0.15, 0.2) is 36.4 Å². The molecule has 0 atom stereocenters. The lowest BCUT2D eigenvalue weighted by Crippen LogP contribution is -2.04. The predicted molar refractivity (Wildman–Crippen MR) is 146 cm³/mol. The Balaban J connectivity index is 2.21. The van der Waals surface area contributed by atoms with E-state index in [9.17, 15) is 0 Å². The Morgan fingerprint density at radius 2 is 0.657 bits per heavy atom. The van der Waals surface area contributed by atoms with E-state index in [0.717, 1.165) is 0 Å². The maximum atomic E-state index is 16.1. The van der Waals surface area contributed by atoms with Gasteiger partial charge in [0.2, 0.25) is 0 Å². The molecule has 0 saturated heterocycles. The zero-order chi connectivity index (χ0) is 25.8. The summed E-state index contributed by atoms with van der Waals surface area (Å²) in [4.78, 5) is 4.19. The number of halogens is 11. The van der Waals surface area contributed by atoms with E-state index in [4.69, 9.17) is 104 Å². The minimum atomic E-state index is -1.15. The summed E-state index contributed by atoms with van der Waals surface area (Å²) in [6.07, 6.45) is 0. The Morgan fingerprint density at radius 3 is 0.943 bits per heavy atom. The molecule has 0 bridgehead atoms. The summed E-state index contributed by atoms with van der Waals surface area (Å²) in [5, 5.41) is 0.135. The van der Waals surface area contributed by atoms with Crippen LogP contribution >= 0.6 is 104 Å². The average molecular weight is 653 g/mol. The summed E-state index contributed by atoms with van der Waals surface area (Å²) in [6.45, 7) is 0. The van der Waals surface area contributed by atoms with Crippen LogP contribution in [-0.2, 0) is 0 Å². The van der Waals surface area contributed by atoms with Gasteiger partial charge in [-0.25, -0.2) is 13.8 Å². The van der Waals surface area contributed by atoms with E-state index in [0.29, 0.717) is 0 Å². The molecule has 0 aliphatic heterocycles. The largest absolute Gasteiger partial charge is 0.241 e. The summed E-state index contributed by atoms with van der Waals surface area (Å²) in [6, 6.07) is 7.90. The Hall–Kier alpha value is -0.720. The van der Waals surface area contributed by atoms with Gasteiger partial charge in [-0.3, -0.25) is 0 Å². The van der Waals surface area contributed by atoms with Crippen molar-refractivity contribution >= 4 is 104 Å². The Bertz CT molecular complexity index is 1370. The second kappa shape index (κ2) is 10.6. The number of pyridine rings is 1. The molecule has 0 N–H and O–H groups in total. The lowest BCUT2D eigenvalue weighted by atomic mass is 9.97. The van der Waals surface area contributed by atoms with Crippen LogP contribution in [0.25, 0.3) is 33.6 Å². The fourth-order valence-electron chi connectivity index (χ4n) is 3.41. The SMILES string of the molecule is Fc1c(-c2c(Cl)cc(Cl)cc2Cl)nc(-c2c(Cl)cc(Cl)cc2Cl)c(F)c1-c1c(Cl)cc(Cl)cc1Cl. The van der Waals surface area contributed by atoms with Gasteiger partial charge in [-0.2, -0.15) is 0 Å². The monoisotopic (exact) mass is 649 g/mol. The lowest BCUT2D eigenvalue weighted by molar-refractivity contribution is 0.585. The fourth-order valence-corrected chi connectivity index (χ4v) is 6.41. The molecular formula is C23H6Cl9F2N. The third-order valence-electron chi connectivity index (χ3n) is 4.82. The zero-order valence-electron chi connectivity index (χ0n) is 16.6. The van der Waals surface area contributed by atoms with Gasteiger partial charge in [0.15, 0.2) is 11.6 Å². The Kier molecular flexibility index (Phi) is 8.25. The van der Waals surface area contributed by atoms with Gasteiger partial charge in [0.25, 0.3) is 0 Å². The molecular weight excluding hydrogens is 647 g/mol. The lowest BCUT2D eigenvalue weighted by Gasteiger charge is -2.18. The van der Waals surface area contributed by atoms with Crippen LogP contribution in [0.1, 0.15) is 0 Å². The first-order chi connectivity index (χ1) is 16.4. The molecule has 12 heteroatoms. The summed E-state index contributed by atoms with van der Waals surface area (Å²) >= 11 is 56.0. The molecule has 1 aromatic heterocycles. The Morgan fingerprint density at radius 1 is 0.400 bits per heavy atom. The highest BCUT2D eigenvalue weighted by molar-refractivity contribution is 6.44. The number of nitrogens with zero attached hydrogens (tertiary/aromatic N) is 1. The van der Waals surface area contributed by atoms with Gasteiger partial charge in [-0.15, -0.1) is 0 Å². The van der Waals surface area contributed by atoms with Crippen LogP contribution in [0.3, 0.4) is 0 Å². The minimum absolute atomic E-state index is 0.0426. The molecule has 3 aromatic carbocycles. The number of rotatable bonds is 3. The molecule has 0 amide bonds. The Labute approximate surface area is 243 Å². The number of benzene rings is 3. The van der Waals surface area contributed by atoms with Crippen molar-refractivity contribution in [2.24, 2.45) is 0 Å². The first kappa shape index (κ1) is 27.3. The summed E-state index contributed by atoms with van der Waals surface area (Å²) in [5.74, 6) is -2.30. The van der Waals surface area contributed by atoms with Crippen LogP contribution in [0.4, 0.5) is 8.78 Å². The normalized spacial score (nSPS) is 11.3. The van der Waals surface area contributed by atoms with Crippen molar-refractivity contribution in [3.63, 3.8) is 0 Å². The molecule has 180 valence electrons. The van der Waals surface area contributed by atoms with Crippen molar-refractivity contribution in [1.29, 1.82) is 0 Å². The van der Waals surface area contributed by atoms with Crippen molar-refractivity contribution in [1.82, 2.24) is 4.98 Å². The fraction of sp³-hybridized carbons (Fsp3) is 0. The van der Waals surface area contributed by atoms with Crippen molar-refractivity contribution in [2.75, 3.05) is 0 Å². The van der Waals surface area contributed by atoms with Crippen molar-refractivity contribution in [2.45, 2.75) is 0 Å². The molecule has 0 aliphatic rings. The van der Waals surface area contributed by atoms with Gasteiger partial charge in [-0.1, -0.05) is 104 Å². The molecule has 0 radical (unpaired) electrons. The van der Waals surface area contributed by atoms with E-state index in [1.54, 1.807) is 0 Å². The van der Waals surface area contributed by atoms with Gasteiger partial charge in [-0.05, 0) is 36.4 Å². The number of hydrogen-bond acceptors (Lipinski definition) is 1. The third kappa shape index (κ3) is 5.18. The first-order valence-electron chi connectivity index (χ1n) is 9.24. The molecule has 0 fully saturated rings. The second-order valence-electron chi connectivity index (χ2n) is 7.05. The number of aromatic nitrogens is 1. The maximum Gasteiger partial charge on any atom is 0.160 e. The van der Waals surface area contributed by atoms with Crippen molar-refractivity contribution in [3.8, 4) is 33.6 Å². The van der Waals surface area contributed by atoms with Crippen molar-refractivity contribution in [3.05, 3.63) is 93.2 Å². The van der Waals surface area contributed by atoms with E-state index in [1.165, 1.54) is 36.4 Å². The average Bonchev–Trinajstić information content (AvgIpc) is 2.71. The van der Waals surface area contributed by atoms with Crippen LogP contribution in [-0.4, -0.2) is 4.98 Å². The molecule has 0 unspecified atom stereocenters. The van der Waals surface area contributed by atoms with E-state index in [1.807, 2.05) is 0 Å². The van der Waals surface area contributed by atoms with Gasteiger partial charge >= 0.3 is 0 Å². The van der Waals surface area contributed by atoms with Crippen LogP contribution in [0.5, 0.6) is 0 Å². The topological polar surface area (TPSA) is 12.9 Å². The quantitative estimate of drug-likeness (QED) is 0.215. The van der Waals surface area contributed by atoms with Gasteiger partial charge in [0.05, 0.1) is 35.7 Å². The molecule has 0 aliphatic carbocycles. The van der Waals surface area contributed by atoms with Gasteiger partial charge in [0, 0.05) is 31.8 Å². The third-order valence-corrected chi connectivity index (χ3v) is 7.27. The summed E-state index contributed by atoms with van der Waals surface area (Å²) < 4.78 is 32.2. The maximum absolute atomic E-state index is 16.1. The van der Waals surface area contributed by atoms with Gasteiger partial charge < -0.3 is 0 Å². The van der Waals surface area contributed by atoms with Crippen molar-refractivity contribution < 1.29 is 8.78 Å². The van der Waals surface area contributed by atoms with E-state index < -0.39 is 28.6 Å². The predicted octanol–water partition coefficient (Wildman–Crippen LogP) is 12.2. The first-order valence-corrected chi connectivity index (χ1v) is 12.6. The molecule has 0 saturated carbocycles. The zero-order valence-corrected chi connectivity index (χ0v) is 23.4. The molecule has 1 nitrogen and oxygen atoms in total. The highest BCUT2D eigenvalue weighted by Crippen LogP contribution is 2.48. The highest BCUT2D eigenvalue weighted by atomic mass is 35.5. The second-order valence-corrected chi connectivity index (χ2v) is 10.8. The minimum Gasteiger partial charge on any atom is -0.241 e. The van der Waals surface area contributed by atoms with E-state index in [2.05, 4.69) is 4.98 Å². The standard InChI is InChI=1S/C23H6Cl9F2N/c24-7-1-10(27)16(11(28)2-7)19-20(33)22(17-12(29)3-8(25)4-13(17)30)35-23(21(19)34)18-14(31)5-9(26)6-15(18)32/h1-6H. The van der Waals surface area contributed by atoms with Crippen LogP contribution < -0.4 is 0 Å². The van der Waals surface area contributed by atoms with E-state index in [-0.39, 0.29) is 61.9 Å². The van der Waals surface area contributed by atoms with Crippen LogP contribution in [0.2, 0.25) is 45.2 Å². The van der Waals surface area contributed by atoms with Gasteiger partial charge in [0.1, 0.15) is 11.4 Å². The molecule has 4 rings (SSSR count).